The predicted molar refractivity (Wildman–Crippen MR) is 309 cm³/mol. The molecule has 0 saturated heterocycles. The summed E-state index contributed by atoms with van der Waals surface area (Å²) in [5.74, 6) is 0. The molecule has 0 spiro atoms. The van der Waals surface area contributed by atoms with Crippen LogP contribution in [0.15, 0.2) is 267 Å². The molecular formula is C71H53NSi. The molecule has 2 atom stereocenters. The van der Waals surface area contributed by atoms with Crippen LogP contribution in [-0.4, -0.2) is 8.07 Å². The van der Waals surface area contributed by atoms with Gasteiger partial charge in [-0.3, -0.25) is 0 Å². The fourth-order valence-electron chi connectivity index (χ4n) is 13.5. The summed E-state index contributed by atoms with van der Waals surface area (Å²) in [5.41, 5.74) is 22.2. The zero-order valence-electron chi connectivity index (χ0n) is 41.4. The van der Waals surface area contributed by atoms with Gasteiger partial charge in [0.05, 0.1) is 0 Å². The van der Waals surface area contributed by atoms with Gasteiger partial charge in [0.25, 0.3) is 0 Å². The Morgan fingerprint density at radius 3 is 1.48 bits per heavy atom. The number of rotatable bonds is 8. The third-order valence-corrected chi connectivity index (χ3v) is 21.7. The number of anilines is 3. The highest BCUT2D eigenvalue weighted by molar-refractivity contribution is 7.22. The van der Waals surface area contributed by atoms with Crippen molar-refractivity contribution in [3.05, 3.63) is 306 Å². The van der Waals surface area contributed by atoms with E-state index in [1.807, 2.05) is 0 Å². The lowest BCUT2D eigenvalue weighted by atomic mass is 9.74. The van der Waals surface area contributed by atoms with Gasteiger partial charge >= 0.3 is 0 Å². The first-order chi connectivity index (χ1) is 35.9. The second-order valence-electron chi connectivity index (χ2n) is 20.7. The smallest absolute Gasteiger partial charge is 0.180 e. The highest BCUT2D eigenvalue weighted by Crippen LogP contribution is 2.55. The Kier molecular flexibility index (Phi) is 9.77. The Bertz CT molecular complexity index is 3920. The molecular weight excluding hydrogens is 895 g/mol. The first-order valence-electron chi connectivity index (χ1n) is 25.7. The Morgan fingerprint density at radius 1 is 0.301 bits per heavy atom. The predicted octanol–water partition coefficient (Wildman–Crippen LogP) is 15.2. The molecule has 73 heavy (non-hydrogen) atoms. The van der Waals surface area contributed by atoms with Crippen molar-refractivity contribution in [1.82, 2.24) is 0 Å². The van der Waals surface area contributed by atoms with Crippen LogP contribution in [0.1, 0.15) is 52.8 Å². The monoisotopic (exact) mass is 947 g/mol. The molecule has 0 bridgehead atoms. The molecule has 3 aliphatic rings. The van der Waals surface area contributed by atoms with Crippen molar-refractivity contribution in [2.45, 2.75) is 31.6 Å². The van der Waals surface area contributed by atoms with Gasteiger partial charge in [-0.25, -0.2) is 0 Å². The van der Waals surface area contributed by atoms with E-state index in [1.54, 1.807) is 0 Å². The highest BCUT2D eigenvalue weighted by atomic mass is 28.3. The number of nitrogens with zero attached hydrogens (tertiary/aromatic N) is 1. The molecule has 2 aliphatic carbocycles. The Balaban J connectivity index is 1.04. The molecule has 0 N–H and O–H groups in total. The summed E-state index contributed by atoms with van der Waals surface area (Å²) in [5, 5.41) is 5.63. The van der Waals surface area contributed by atoms with Gasteiger partial charge in [-0.1, -0.05) is 231 Å². The molecule has 0 saturated carbocycles. The molecule has 2 heteroatoms. The van der Waals surface area contributed by atoms with Crippen LogP contribution < -0.4 is 25.6 Å². The van der Waals surface area contributed by atoms with Crippen LogP contribution in [0.25, 0.3) is 44.5 Å². The molecule has 11 aromatic rings. The molecule has 2 unspecified atom stereocenters. The van der Waals surface area contributed by atoms with Crippen molar-refractivity contribution >= 4 is 45.9 Å². The lowest BCUT2D eigenvalue weighted by Crippen LogP contribution is -2.73. The van der Waals surface area contributed by atoms with E-state index in [0.717, 1.165) is 17.1 Å². The van der Waals surface area contributed by atoms with Gasteiger partial charge in [-0.2, -0.15) is 0 Å². The van der Waals surface area contributed by atoms with E-state index < -0.39 is 8.07 Å². The van der Waals surface area contributed by atoms with E-state index in [1.165, 1.54) is 104 Å². The van der Waals surface area contributed by atoms with Gasteiger partial charge in [-0.15, -0.1) is 0 Å². The third-order valence-electron chi connectivity index (χ3n) is 16.9. The SMILES string of the molecule is Cc1cc(N(c2cccc(C3(C)c4ccccc4-c4ccccc43)c2)c2ccc3c(c2)C(C)(c2ccccc2)c2ccccc2-3)cc([Si]2(c3ccccc3)c3ccccc3-c3ccc(-c4ccccc4)cc32)c1. The number of fused-ring (bicyclic) bond motifs is 9. The molecule has 0 amide bonds. The fourth-order valence-corrected chi connectivity index (χ4v) is 18.9. The van der Waals surface area contributed by atoms with Gasteiger partial charge in [0.1, 0.15) is 0 Å². The lowest BCUT2D eigenvalue weighted by molar-refractivity contribution is 0.713. The first-order valence-corrected chi connectivity index (χ1v) is 27.7. The minimum atomic E-state index is -2.98. The second kappa shape index (κ2) is 16.5. The summed E-state index contributed by atoms with van der Waals surface area (Å²) < 4.78 is 0. The molecule has 1 aliphatic heterocycles. The molecule has 0 aromatic heterocycles. The zero-order valence-corrected chi connectivity index (χ0v) is 42.4. The van der Waals surface area contributed by atoms with Crippen LogP contribution in [0.3, 0.4) is 0 Å². The topological polar surface area (TPSA) is 3.24 Å². The van der Waals surface area contributed by atoms with Crippen molar-refractivity contribution in [3.63, 3.8) is 0 Å². The van der Waals surface area contributed by atoms with Crippen LogP contribution in [0, 0.1) is 6.92 Å². The number of hydrogen-bond donors (Lipinski definition) is 0. The van der Waals surface area contributed by atoms with E-state index in [0.29, 0.717) is 0 Å². The van der Waals surface area contributed by atoms with Gasteiger partial charge in [0.2, 0.25) is 0 Å². The van der Waals surface area contributed by atoms with E-state index in [2.05, 4.69) is 293 Å². The van der Waals surface area contributed by atoms with Crippen molar-refractivity contribution in [3.8, 4) is 44.5 Å². The zero-order chi connectivity index (χ0) is 48.9. The maximum Gasteiger partial charge on any atom is 0.180 e. The number of hydrogen-bond acceptors (Lipinski definition) is 1. The van der Waals surface area contributed by atoms with E-state index in [9.17, 15) is 0 Å². The molecule has 14 rings (SSSR count). The quantitative estimate of drug-likeness (QED) is 0.137. The molecule has 11 aromatic carbocycles. The maximum absolute atomic E-state index is 2.98. The van der Waals surface area contributed by atoms with Crippen molar-refractivity contribution in [2.24, 2.45) is 0 Å². The number of benzene rings is 11. The number of aryl methyl sites for hydroxylation is 1. The summed E-state index contributed by atoms with van der Waals surface area (Å²) >= 11 is 0. The van der Waals surface area contributed by atoms with Crippen LogP contribution in [-0.2, 0) is 10.8 Å². The molecule has 346 valence electrons. The van der Waals surface area contributed by atoms with Crippen molar-refractivity contribution in [1.29, 1.82) is 0 Å². The first kappa shape index (κ1) is 43.2. The Labute approximate surface area is 430 Å². The van der Waals surface area contributed by atoms with Crippen LogP contribution in [0.2, 0.25) is 0 Å². The molecule has 0 radical (unpaired) electrons. The van der Waals surface area contributed by atoms with Crippen molar-refractivity contribution in [2.75, 3.05) is 4.90 Å². The summed E-state index contributed by atoms with van der Waals surface area (Å²) in [4.78, 5) is 2.57. The van der Waals surface area contributed by atoms with Crippen LogP contribution in [0.4, 0.5) is 17.1 Å². The van der Waals surface area contributed by atoms with E-state index >= 15 is 0 Å². The molecule has 0 fully saturated rings. The molecule has 1 heterocycles. The van der Waals surface area contributed by atoms with Gasteiger partial charge < -0.3 is 4.90 Å². The standard InChI is InChI=1S/C71H53NSi/c1-48-42-55(46-57(43-48)73(56-28-11-6-12-29-56)68-37-20-16-33-62(68)63-40-38-50(44-69(63)73)49-22-7-4-8-23-49)72(53-27-21-26-52(45-53)71(3)65-35-18-13-30-58(65)59-31-14-19-36-66(59)71)54-39-41-61-60-32-15-17-34-64(60)70(2,67(61)47-54)51-24-9-5-10-25-51/h4-47H,1-3H3. The average molecular weight is 948 g/mol. The Hall–Kier alpha value is -8.56. The summed E-state index contributed by atoms with van der Waals surface area (Å²) in [7, 11) is -2.98. The van der Waals surface area contributed by atoms with Gasteiger partial charge in [-0.05, 0) is 161 Å². The van der Waals surface area contributed by atoms with Gasteiger partial charge in [0, 0.05) is 27.9 Å². The summed E-state index contributed by atoms with van der Waals surface area (Å²) in [6, 6.07) is 101. The largest absolute Gasteiger partial charge is 0.310 e. The van der Waals surface area contributed by atoms with Gasteiger partial charge in [0.15, 0.2) is 8.07 Å². The van der Waals surface area contributed by atoms with Crippen LogP contribution in [0.5, 0.6) is 0 Å². The van der Waals surface area contributed by atoms with Crippen molar-refractivity contribution < 1.29 is 0 Å². The highest BCUT2D eigenvalue weighted by Gasteiger charge is 2.49. The minimum absolute atomic E-state index is 0.364. The normalized spacial score (nSPS) is 17.2. The average Bonchev–Trinajstić information content (AvgIpc) is 4.01. The minimum Gasteiger partial charge on any atom is -0.310 e. The second-order valence-corrected chi connectivity index (χ2v) is 24.4. The Morgan fingerprint density at radius 2 is 0.808 bits per heavy atom. The van der Waals surface area contributed by atoms with Crippen LogP contribution >= 0.6 is 0 Å². The third kappa shape index (κ3) is 6.27. The fraction of sp³-hybridized carbons (Fsp3) is 0.0704. The molecule has 1 nitrogen and oxygen atoms in total. The van der Waals surface area contributed by atoms with E-state index in [-0.39, 0.29) is 10.8 Å². The van der Waals surface area contributed by atoms with E-state index in [4.69, 9.17) is 0 Å². The maximum atomic E-state index is 2.57. The lowest BCUT2D eigenvalue weighted by Gasteiger charge is -2.35. The summed E-state index contributed by atoms with van der Waals surface area (Å²) in [6.45, 7) is 7.16. The summed E-state index contributed by atoms with van der Waals surface area (Å²) in [6.07, 6.45) is 0.